The van der Waals surface area contributed by atoms with E-state index in [1.807, 2.05) is 0 Å². The summed E-state index contributed by atoms with van der Waals surface area (Å²) < 4.78 is 45.1. The van der Waals surface area contributed by atoms with E-state index in [1.54, 1.807) is 0 Å². The highest BCUT2D eigenvalue weighted by Gasteiger charge is 2.24. The molecular weight excluding hydrogens is 201 g/mol. The SMILES string of the molecule is O=C(OC1CCCO1)C(CF)=C(F)F. The van der Waals surface area contributed by atoms with Crippen molar-refractivity contribution in [1.82, 2.24) is 0 Å². The van der Waals surface area contributed by atoms with Gasteiger partial charge < -0.3 is 9.47 Å². The van der Waals surface area contributed by atoms with Crippen molar-refractivity contribution in [3.8, 4) is 0 Å². The lowest BCUT2D eigenvalue weighted by Gasteiger charge is -2.10. The molecule has 1 fully saturated rings. The average Bonchev–Trinajstić information content (AvgIpc) is 2.57. The Morgan fingerprint density at radius 1 is 1.50 bits per heavy atom. The predicted octanol–water partition coefficient (Wildman–Crippen LogP) is 1.79. The van der Waals surface area contributed by atoms with Gasteiger partial charge in [-0.25, -0.2) is 9.18 Å². The van der Waals surface area contributed by atoms with E-state index in [1.165, 1.54) is 0 Å². The molecule has 1 aliphatic rings. The second-order valence-electron chi connectivity index (χ2n) is 2.72. The fourth-order valence-corrected chi connectivity index (χ4v) is 1.01. The van der Waals surface area contributed by atoms with Crippen LogP contribution in [0, 0.1) is 0 Å². The molecule has 0 saturated carbocycles. The topological polar surface area (TPSA) is 35.5 Å². The number of hydrogen-bond donors (Lipinski definition) is 0. The molecule has 0 bridgehead atoms. The van der Waals surface area contributed by atoms with Crippen LogP contribution in [0.15, 0.2) is 11.7 Å². The molecule has 0 amide bonds. The molecular formula is C8H9F3O3. The van der Waals surface area contributed by atoms with Gasteiger partial charge in [-0.2, -0.15) is 8.78 Å². The molecule has 80 valence electrons. The molecule has 6 heteroatoms. The number of hydrogen-bond acceptors (Lipinski definition) is 3. The Morgan fingerprint density at radius 3 is 2.64 bits per heavy atom. The summed E-state index contributed by atoms with van der Waals surface area (Å²) in [5.41, 5.74) is -1.24. The van der Waals surface area contributed by atoms with Crippen molar-refractivity contribution in [2.45, 2.75) is 19.1 Å². The van der Waals surface area contributed by atoms with Gasteiger partial charge in [0.1, 0.15) is 12.2 Å². The van der Waals surface area contributed by atoms with Crippen molar-refractivity contribution in [2.75, 3.05) is 13.3 Å². The van der Waals surface area contributed by atoms with Gasteiger partial charge in [-0.15, -0.1) is 0 Å². The number of rotatable bonds is 3. The van der Waals surface area contributed by atoms with Crippen LogP contribution in [0.1, 0.15) is 12.8 Å². The van der Waals surface area contributed by atoms with Gasteiger partial charge in [0, 0.05) is 6.42 Å². The van der Waals surface area contributed by atoms with Gasteiger partial charge in [0.25, 0.3) is 6.08 Å². The first-order valence-corrected chi connectivity index (χ1v) is 4.08. The number of ether oxygens (including phenoxy) is 2. The number of esters is 1. The quantitative estimate of drug-likeness (QED) is 0.526. The Morgan fingerprint density at radius 2 is 2.21 bits per heavy atom. The lowest BCUT2D eigenvalue weighted by atomic mass is 10.3. The Hall–Kier alpha value is -1.04. The molecule has 1 unspecified atom stereocenters. The van der Waals surface area contributed by atoms with Gasteiger partial charge in [0.2, 0.25) is 6.29 Å². The fourth-order valence-electron chi connectivity index (χ4n) is 1.01. The molecule has 0 N–H and O–H groups in total. The first-order valence-electron chi connectivity index (χ1n) is 4.08. The molecule has 0 aromatic rings. The molecule has 0 aromatic heterocycles. The second-order valence-corrected chi connectivity index (χ2v) is 2.72. The fraction of sp³-hybridized carbons (Fsp3) is 0.625. The van der Waals surface area contributed by atoms with E-state index in [2.05, 4.69) is 4.74 Å². The minimum absolute atomic E-state index is 0.421. The van der Waals surface area contributed by atoms with Crippen molar-refractivity contribution in [3.63, 3.8) is 0 Å². The molecule has 1 rings (SSSR count). The standard InChI is InChI=1S/C8H9F3O3/c9-4-5(7(10)11)8(12)14-6-2-1-3-13-6/h6H,1-4H2. The largest absolute Gasteiger partial charge is 0.432 e. The van der Waals surface area contributed by atoms with Crippen LogP contribution < -0.4 is 0 Å². The Balaban J connectivity index is 2.51. The third kappa shape index (κ3) is 2.73. The van der Waals surface area contributed by atoms with Crippen molar-refractivity contribution < 1.29 is 27.4 Å². The second kappa shape index (κ2) is 4.99. The summed E-state index contributed by atoms with van der Waals surface area (Å²) in [6, 6.07) is 0. The van der Waals surface area contributed by atoms with E-state index in [4.69, 9.17) is 4.74 Å². The summed E-state index contributed by atoms with van der Waals surface area (Å²) in [7, 11) is 0. The van der Waals surface area contributed by atoms with Crippen LogP contribution in [0.4, 0.5) is 13.2 Å². The van der Waals surface area contributed by atoms with Gasteiger partial charge in [-0.05, 0) is 6.42 Å². The van der Waals surface area contributed by atoms with Crippen LogP contribution in [-0.2, 0) is 14.3 Å². The molecule has 14 heavy (non-hydrogen) atoms. The maximum absolute atomic E-state index is 12.0. The lowest BCUT2D eigenvalue weighted by molar-refractivity contribution is -0.165. The molecule has 1 saturated heterocycles. The molecule has 3 nitrogen and oxygen atoms in total. The summed E-state index contributed by atoms with van der Waals surface area (Å²) in [4.78, 5) is 10.9. The van der Waals surface area contributed by atoms with Crippen LogP contribution in [0.25, 0.3) is 0 Å². The molecule has 0 spiro atoms. The highest BCUT2D eigenvalue weighted by Crippen LogP contribution is 2.17. The first kappa shape index (κ1) is 11.0. The van der Waals surface area contributed by atoms with Gasteiger partial charge in [-0.3, -0.25) is 0 Å². The van der Waals surface area contributed by atoms with E-state index >= 15 is 0 Å². The van der Waals surface area contributed by atoms with Crippen molar-refractivity contribution >= 4 is 5.97 Å². The monoisotopic (exact) mass is 210 g/mol. The summed E-state index contributed by atoms with van der Waals surface area (Å²) >= 11 is 0. The van der Waals surface area contributed by atoms with E-state index in [0.29, 0.717) is 19.4 Å². The maximum Gasteiger partial charge on any atom is 0.344 e. The number of carbonyl (C=O) groups is 1. The summed E-state index contributed by atoms with van der Waals surface area (Å²) in [6.07, 6.45) is -2.01. The van der Waals surface area contributed by atoms with Crippen LogP contribution in [-0.4, -0.2) is 25.5 Å². The third-order valence-corrected chi connectivity index (χ3v) is 1.73. The Labute approximate surface area is 78.5 Å². The van der Waals surface area contributed by atoms with Crippen molar-refractivity contribution in [2.24, 2.45) is 0 Å². The molecule has 0 aromatic carbocycles. The van der Waals surface area contributed by atoms with Crippen LogP contribution in [0.3, 0.4) is 0 Å². The highest BCUT2D eigenvalue weighted by atomic mass is 19.3. The summed E-state index contributed by atoms with van der Waals surface area (Å²) in [6.45, 7) is -1.11. The normalized spacial score (nSPS) is 20.6. The minimum atomic E-state index is -2.35. The highest BCUT2D eigenvalue weighted by molar-refractivity contribution is 5.89. The molecule has 1 aliphatic heterocycles. The van der Waals surface area contributed by atoms with E-state index in [9.17, 15) is 18.0 Å². The van der Waals surface area contributed by atoms with Gasteiger partial charge in [0.05, 0.1) is 6.61 Å². The number of halogens is 3. The lowest BCUT2D eigenvalue weighted by Crippen LogP contribution is -2.19. The van der Waals surface area contributed by atoms with Crippen LogP contribution >= 0.6 is 0 Å². The molecule has 1 heterocycles. The minimum Gasteiger partial charge on any atom is -0.432 e. The number of carbonyl (C=O) groups excluding carboxylic acids is 1. The van der Waals surface area contributed by atoms with Gasteiger partial charge in [-0.1, -0.05) is 0 Å². The summed E-state index contributed by atoms with van der Waals surface area (Å²) in [5.74, 6) is -1.35. The first-order chi connectivity index (χ1) is 6.65. The smallest absolute Gasteiger partial charge is 0.344 e. The van der Waals surface area contributed by atoms with Crippen LogP contribution in [0.5, 0.6) is 0 Å². The van der Waals surface area contributed by atoms with Crippen molar-refractivity contribution in [3.05, 3.63) is 11.7 Å². The molecule has 1 atom stereocenters. The molecule has 0 aliphatic carbocycles. The molecule has 0 radical (unpaired) electrons. The van der Waals surface area contributed by atoms with E-state index < -0.39 is 30.6 Å². The zero-order chi connectivity index (χ0) is 10.6. The van der Waals surface area contributed by atoms with Gasteiger partial charge >= 0.3 is 5.97 Å². The average molecular weight is 210 g/mol. The van der Waals surface area contributed by atoms with Crippen molar-refractivity contribution in [1.29, 1.82) is 0 Å². The van der Waals surface area contributed by atoms with Gasteiger partial charge in [0.15, 0.2) is 0 Å². The Kier molecular flexibility index (Phi) is 3.94. The predicted molar refractivity (Wildman–Crippen MR) is 40.3 cm³/mol. The summed E-state index contributed by atoms with van der Waals surface area (Å²) in [5, 5.41) is 0. The van der Waals surface area contributed by atoms with E-state index in [-0.39, 0.29) is 0 Å². The third-order valence-electron chi connectivity index (χ3n) is 1.73. The Bertz CT molecular complexity index is 242. The number of alkyl halides is 1. The zero-order valence-electron chi connectivity index (χ0n) is 7.26. The van der Waals surface area contributed by atoms with Crippen LogP contribution in [0.2, 0.25) is 0 Å². The zero-order valence-corrected chi connectivity index (χ0v) is 7.26. The maximum atomic E-state index is 12.0. The van der Waals surface area contributed by atoms with E-state index in [0.717, 1.165) is 0 Å².